The predicted molar refractivity (Wildman–Crippen MR) is 88.9 cm³/mol. The number of aromatic nitrogens is 1. The number of allylic oxidation sites excluding steroid dienone is 1. The minimum Gasteiger partial charge on any atom is -0.325 e. The molecule has 2 atom stereocenters. The molecule has 3 nitrogen and oxygen atoms in total. The van der Waals surface area contributed by atoms with Gasteiger partial charge in [-0.2, -0.15) is 0 Å². The zero-order valence-corrected chi connectivity index (χ0v) is 13.9. The second-order valence-corrected chi connectivity index (χ2v) is 7.98. The Labute approximate surface area is 134 Å². The van der Waals surface area contributed by atoms with Crippen LogP contribution in [0.5, 0.6) is 0 Å². The van der Waals surface area contributed by atoms with Crippen molar-refractivity contribution in [3.05, 3.63) is 36.0 Å². The summed E-state index contributed by atoms with van der Waals surface area (Å²) >= 11 is 0. The Hall–Kier alpha value is -1.35. The van der Waals surface area contributed by atoms with Crippen molar-refractivity contribution in [2.75, 3.05) is 37.6 Å². The normalized spacial score (nSPS) is 30.6. The van der Waals surface area contributed by atoms with E-state index in [4.69, 9.17) is 0 Å². The molecule has 4 aliphatic rings. The molecule has 1 aromatic heterocycles. The van der Waals surface area contributed by atoms with E-state index >= 15 is 0 Å². The molecule has 5 rings (SSSR count). The monoisotopic (exact) mass is 299 g/mol. The van der Waals surface area contributed by atoms with Crippen LogP contribution in [0.3, 0.4) is 0 Å². The quantitative estimate of drug-likeness (QED) is 0.832. The van der Waals surface area contributed by atoms with Gasteiger partial charge in [0.05, 0.1) is 12.7 Å². The van der Waals surface area contributed by atoms with E-state index in [2.05, 4.69) is 41.9 Å². The van der Waals surface area contributed by atoms with Crippen LogP contribution in [0.25, 0.3) is 0 Å². The molecule has 2 N–H and O–H groups in total. The average molecular weight is 299 g/mol. The van der Waals surface area contributed by atoms with Crippen molar-refractivity contribution in [1.82, 2.24) is 0 Å². The van der Waals surface area contributed by atoms with Crippen LogP contribution in [0.1, 0.15) is 26.7 Å². The molecular weight excluding hydrogens is 270 g/mol. The molecule has 0 spiro atoms. The van der Waals surface area contributed by atoms with E-state index in [1.807, 2.05) is 12.3 Å². The van der Waals surface area contributed by atoms with Gasteiger partial charge in [0.2, 0.25) is 0 Å². The first-order chi connectivity index (χ1) is 10.6. The van der Waals surface area contributed by atoms with Gasteiger partial charge in [0.1, 0.15) is 26.2 Å². The highest BCUT2D eigenvalue weighted by Gasteiger charge is 2.51. The Morgan fingerprint density at radius 3 is 2.73 bits per heavy atom. The van der Waals surface area contributed by atoms with Crippen LogP contribution in [-0.2, 0) is 0 Å². The summed E-state index contributed by atoms with van der Waals surface area (Å²) in [6.07, 6.45) is 7.39. The predicted octanol–water partition coefficient (Wildman–Crippen LogP) is 1.20. The summed E-state index contributed by atoms with van der Waals surface area (Å²) in [4.78, 5) is 7.63. The number of nitrogens with one attached hydrogen (secondary N) is 2. The molecule has 0 unspecified atom stereocenters. The smallest absolute Gasteiger partial charge is 0.274 e. The molecule has 2 fully saturated rings. The van der Waals surface area contributed by atoms with E-state index in [-0.39, 0.29) is 0 Å². The van der Waals surface area contributed by atoms with Crippen molar-refractivity contribution in [3.63, 3.8) is 0 Å². The highest BCUT2D eigenvalue weighted by Crippen LogP contribution is 2.58. The van der Waals surface area contributed by atoms with Crippen molar-refractivity contribution in [3.8, 4) is 0 Å². The Kier molecular flexibility index (Phi) is 3.48. The number of anilines is 1. The van der Waals surface area contributed by atoms with E-state index in [0.717, 1.165) is 11.8 Å². The SMILES string of the molecule is CC1(C)[C@H]2CC=C(C[NH+]3CCN(c4cccc[nH+]4)CC3)[C@@H]1C2. The lowest BCUT2D eigenvalue weighted by molar-refractivity contribution is -0.896. The van der Waals surface area contributed by atoms with Crippen molar-refractivity contribution in [2.45, 2.75) is 26.7 Å². The zero-order chi connectivity index (χ0) is 15.2. The van der Waals surface area contributed by atoms with Gasteiger partial charge in [-0.3, -0.25) is 4.90 Å². The topological polar surface area (TPSA) is 21.8 Å². The molecule has 1 saturated carbocycles. The molecule has 3 aliphatic carbocycles. The van der Waals surface area contributed by atoms with Crippen LogP contribution in [0.2, 0.25) is 0 Å². The van der Waals surface area contributed by atoms with Gasteiger partial charge in [-0.1, -0.05) is 26.0 Å². The second kappa shape index (κ2) is 5.38. The number of H-pyrrole nitrogens is 1. The summed E-state index contributed by atoms with van der Waals surface area (Å²) < 4.78 is 0. The van der Waals surface area contributed by atoms with Gasteiger partial charge < -0.3 is 4.90 Å². The number of hydrogen-bond acceptors (Lipinski definition) is 1. The maximum absolute atomic E-state index is 3.36. The van der Waals surface area contributed by atoms with Crippen molar-refractivity contribution < 1.29 is 9.88 Å². The molecule has 2 heterocycles. The molecule has 0 aromatic carbocycles. The number of pyridine rings is 1. The summed E-state index contributed by atoms with van der Waals surface area (Å²) in [6.45, 7) is 11.1. The number of piperazine rings is 1. The number of fused-ring (bicyclic) bond motifs is 1. The van der Waals surface area contributed by atoms with Gasteiger partial charge in [-0.25, -0.2) is 4.98 Å². The van der Waals surface area contributed by atoms with Crippen LogP contribution in [-0.4, -0.2) is 32.7 Å². The minimum atomic E-state index is 0.574. The molecule has 1 aliphatic heterocycles. The summed E-state index contributed by atoms with van der Waals surface area (Å²) in [7, 11) is 0. The molecule has 0 radical (unpaired) electrons. The van der Waals surface area contributed by atoms with Crippen LogP contribution < -0.4 is 14.8 Å². The number of aromatic amines is 1. The van der Waals surface area contributed by atoms with E-state index in [0.29, 0.717) is 5.41 Å². The zero-order valence-electron chi connectivity index (χ0n) is 13.9. The van der Waals surface area contributed by atoms with E-state index in [9.17, 15) is 0 Å². The first-order valence-electron chi connectivity index (χ1n) is 8.89. The Morgan fingerprint density at radius 2 is 2.09 bits per heavy atom. The number of nitrogens with zero attached hydrogens (tertiary/aromatic N) is 1. The Bertz CT molecular complexity index is 555. The lowest BCUT2D eigenvalue weighted by Gasteiger charge is -2.56. The third-order valence-corrected chi connectivity index (χ3v) is 6.54. The van der Waals surface area contributed by atoms with Gasteiger partial charge in [-0.15, -0.1) is 0 Å². The maximum atomic E-state index is 3.36. The molecule has 118 valence electrons. The highest BCUT2D eigenvalue weighted by molar-refractivity contribution is 5.32. The molecule has 0 amide bonds. The summed E-state index contributed by atoms with van der Waals surface area (Å²) in [5.74, 6) is 3.10. The van der Waals surface area contributed by atoms with Crippen molar-refractivity contribution >= 4 is 5.82 Å². The summed E-state index contributed by atoms with van der Waals surface area (Å²) in [6, 6.07) is 6.35. The van der Waals surface area contributed by atoms with E-state index < -0.39 is 0 Å². The van der Waals surface area contributed by atoms with Gasteiger partial charge in [-0.05, 0) is 41.7 Å². The first-order valence-corrected chi connectivity index (χ1v) is 8.89. The summed E-state index contributed by atoms with van der Waals surface area (Å²) in [5, 5.41) is 0. The third kappa shape index (κ3) is 2.36. The van der Waals surface area contributed by atoms with Crippen molar-refractivity contribution in [1.29, 1.82) is 0 Å². The lowest BCUT2D eigenvalue weighted by atomic mass is 9.49. The van der Waals surface area contributed by atoms with Gasteiger partial charge in [0.25, 0.3) is 5.82 Å². The first kappa shape index (κ1) is 14.3. The molecule has 3 heteroatoms. The number of hydrogen-bond donors (Lipinski definition) is 1. The number of quaternary nitrogens is 1. The molecule has 22 heavy (non-hydrogen) atoms. The van der Waals surface area contributed by atoms with Gasteiger partial charge in [0, 0.05) is 6.07 Å². The fourth-order valence-corrected chi connectivity index (χ4v) is 4.79. The highest BCUT2D eigenvalue weighted by atomic mass is 15.3. The van der Waals surface area contributed by atoms with Crippen LogP contribution in [0.15, 0.2) is 36.0 Å². The third-order valence-electron chi connectivity index (χ3n) is 6.54. The lowest BCUT2D eigenvalue weighted by Crippen LogP contribution is -3.15. The van der Waals surface area contributed by atoms with E-state index in [1.54, 1.807) is 10.5 Å². The standard InChI is InChI=1S/C19H27N3/c1-19(2)16-7-6-15(17(19)13-16)14-21-9-11-22(12-10-21)18-5-3-4-8-20-18/h3-6,8,16-17H,7,9-14H2,1-2H3/p+2/t16-,17-/m0/s1. The average Bonchev–Trinajstić information content (AvgIpc) is 2.56. The van der Waals surface area contributed by atoms with Gasteiger partial charge >= 0.3 is 0 Å². The second-order valence-electron chi connectivity index (χ2n) is 7.98. The summed E-state index contributed by atoms with van der Waals surface area (Å²) in [5.41, 5.74) is 2.34. The largest absolute Gasteiger partial charge is 0.325 e. The fourth-order valence-electron chi connectivity index (χ4n) is 4.79. The van der Waals surface area contributed by atoms with Crippen LogP contribution in [0, 0.1) is 17.3 Å². The van der Waals surface area contributed by atoms with E-state index in [1.165, 1.54) is 51.4 Å². The molecular formula is C19H29N3+2. The maximum Gasteiger partial charge on any atom is 0.274 e. The van der Waals surface area contributed by atoms with Crippen LogP contribution >= 0.6 is 0 Å². The Morgan fingerprint density at radius 1 is 1.27 bits per heavy atom. The molecule has 2 bridgehead atoms. The fraction of sp³-hybridized carbons (Fsp3) is 0.632. The van der Waals surface area contributed by atoms with Gasteiger partial charge in [0.15, 0.2) is 0 Å². The number of rotatable bonds is 3. The van der Waals surface area contributed by atoms with Crippen LogP contribution in [0.4, 0.5) is 5.82 Å². The van der Waals surface area contributed by atoms with Crippen molar-refractivity contribution in [2.24, 2.45) is 17.3 Å². The molecule has 1 saturated heterocycles. The molecule has 1 aromatic rings. The minimum absolute atomic E-state index is 0.574. The Balaban J connectivity index is 1.34.